The molecule has 0 aliphatic heterocycles. The monoisotopic (exact) mass is 455 g/mol. The topological polar surface area (TPSA) is 82.5 Å². The van der Waals surface area contributed by atoms with Crippen molar-refractivity contribution in [2.45, 2.75) is 13.5 Å². The highest BCUT2D eigenvalue weighted by Crippen LogP contribution is 2.34. The molecular formula is C27H25N3O4. The largest absolute Gasteiger partial charge is 0.497 e. The molecule has 0 radical (unpaired) electrons. The lowest BCUT2D eigenvalue weighted by Crippen LogP contribution is -2.32. The number of anilines is 1. The van der Waals surface area contributed by atoms with Gasteiger partial charge in [0, 0.05) is 23.7 Å². The Morgan fingerprint density at radius 2 is 1.56 bits per heavy atom. The van der Waals surface area contributed by atoms with E-state index >= 15 is 0 Å². The van der Waals surface area contributed by atoms with Gasteiger partial charge in [0.1, 0.15) is 17.1 Å². The number of methoxy groups -OCH3 is 2. The molecule has 4 rings (SSSR count). The molecule has 1 N–H and O–H groups in total. The molecule has 172 valence electrons. The van der Waals surface area contributed by atoms with Crippen LogP contribution in [0.25, 0.3) is 22.4 Å². The second-order valence-electron chi connectivity index (χ2n) is 7.47. The van der Waals surface area contributed by atoms with Gasteiger partial charge in [-0.1, -0.05) is 60.7 Å². The van der Waals surface area contributed by atoms with Crippen LogP contribution in [0.1, 0.15) is 17.3 Å². The quantitative estimate of drug-likeness (QED) is 0.430. The van der Waals surface area contributed by atoms with Crippen LogP contribution in [0.5, 0.6) is 11.5 Å². The fourth-order valence-electron chi connectivity index (χ4n) is 3.78. The first-order valence-electron chi connectivity index (χ1n) is 10.9. The van der Waals surface area contributed by atoms with E-state index in [4.69, 9.17) is 9.47 Å². The third kappa shape index (κ3) is 4.41. The van der Waals surface area contributed by atoms with Crippen LogP contribution in [-0.4, -0.2) is 29.9 Å². The van der Waals surface area contributed by atoms with Crippen LogP contribution in [0, 0.1) is 0 Å². The van der Waals surface area contributed by atoms with Gasteiger partial charge in [0.15, 0.2) is 0 Å². The van der Waals surface area contributed by atoms with Crippen molar-refractivity contribution in [2.75, 3.05) is 19.5 Å². The summed E-state index contributed by atoms with van der Waals surface area (Å²) in [7, 11) is 3.05. The van der Waals surface area contributed by atoms with Crippen LogP contribution in [0.4, 0.5) is 5.69 Å². The summed E-state index contributed by atoms with van der Waals surface area (Å²) in [6.07, 6.45) is 0. The first-order chi connectivity index (χ1) is 16.6. The Hall–Kier alpha value is -4.39. The van der Waals surface area contributed by atoms with Crippen molar-refractivity contribution in [1.29, 1.82) is 0 Å². The van der Waals surface area contributed by atoms with Gasteiger partial charge in [0.05, 0.1) is 25.6 Å². The van der Waals surface area contributed by atoms with Crippen molar-refractivity contribution < 1.29 is 14.3 Å². The number of aryl methyl sites for hydroxylation is 1. The number of rotatable bonds is 7. The Morgan fingerprint density at radius 3 is 2.15 bits per heavy atom. The highest BCUT2D eigenvalue weighted by molar-refractivity contribution is 6.11. The summed E-state index contributed by atoms with van der Waals surface area (Å²) in [4.78, 5) is 27.2. The molecular weight excluding hydrogens is 430 g/mol. The second-order valence-corrected chi connectivity index (χ2v) is 7.47. The maximum Gasteiger partial charge on any atom is 0.280 e. The third-order valence-corrected chi connectivity index (χ3v) is 5.45. The van der Waals surface area contributed by atoms with E-state index < -0.39 is 11.5 Å². The lowest BCUT2D eigenvalue weighted by Gasteiger charge is -2.17. The number of benzene rings is 3. The van der Waals surface area contributed by atoms with E-state index in [-0.39, 0.29) is 5.56 Å². The molecule has 0 aliphatic carbocycles. The molecule has 1 amide bonds. The zero-order chi connectivity index (χ0) is 24.1. The molecule has 4 aromatic rings. The van der Waals surface area contributed by atoms with Gasteiger partial charge in [-0.05, 0) is 24.6 Å². The Morgan fingerprint density at radius 1 is 0.912 bits per heavy atom. The van der Waals surface area contributed by atoms with E-state index in [9.17, 15) is 9.59 Å². The number of nitrogens with one attached hydrogen (secondary N) is 1. The van der Waals surface area contributed by atoms with E-state index in [1.54, 1.807) is 18.2 Å². The molecule has 1 aromatic heterocycles. The predicted octanol–water partition coefficient (Wildman–Crippen LogP) is 4.87. The highest BCUT2D eigenvalue weighted by Gasteiger charge is 2.25. The Balaban J connectivity index is 1.97. The van der Waals surface area contributed by atoms with Gasteiger partial charge in [-0.3, -0.25) is 9.59 Å². The summed E-state index contributed by atoms with van der Waals surface area (Å²) in [5, 5.41) is 7.48. The standard InChI is InChI=1S/C27H25N3O4/c1-4-30-27(32)24(26(31)28-21-17-20(33-2)15-16-22(21)34-3)23(18-11-7-5-8-12-18)25(29-30)19-13-9-6-10-14-19/h5-17H,4H2,1-3H3,(H,28,31). The summed E-state index contributed by atoms with van der Waals surface area (Å²) in [6, 6.07) is 23.9. The lowest BCUT2D eigenvalue weighted by molar-refractivity contribution is 0.102. The van der Waals surface area contributed by atoms with Crippen LogP contribution < -0.4 is 20.3 Å². The summed E-state index contributed by atoms with van der Waals surface area (Å²) < 4.78 is 12.0. The number of amides is 1. The Bertz CT molecular complexity index is 1370. The van der Waals surface area contributed by atoms with Crippen molar-refractivity contribution >= 4 is 11.6 Å². The summed E-state index contributed by atoms with van der Waals surface area (Å²) in [6.45, 7) is 2.13. The van der Waals surface area contributed by atoms with Gasteiger partial charge in [-0.15, -0.1) is 0 Å². The maximum absolute atomic E-state index is 13.7. The van der Waals surface area contributed by atoms with Gasteiger partial charge in [-0.2, -0.15) is 5.10 Å². The molecule has 7 nitrogen and oxygen atoms in total. The van der Waals surface area contributed by atoms with E-state index in [0.717, 1.165) is 11.1 Å². The van der Waals surface area contributed by atoms with Crippen molar-refractivity contribution in [3.63, 3.8) is 0 Å². The molecule has 7 heteroatoms. The maximum atomic E-state index is 13.7. The minimum Gasteiger partial charge on any atom is -0.497 e. The van der Waals surface area contributed by atoms with Gasteiger partial charge >= 0.3 is 0 Å². The molecule has 0 fully saturated rings. The Kier molecular flexibility index (Phi) is 6.73. The SMILES string of the molecule is CCn1nc(-c2ccccc2)c(-c2ccccc2)c(C(=O)Nc2cc(OC)ccc2OC)c1=O. The van der Waals surface area contributed by atoms with Gasteiger partial charge in [-0.25, -0.2) is 4.68 Å². The number of ether oxygens (including phenoxy) is 2. The highest BCUT2D eigenvalue weighted by atomic mass is 16.5. The van der Waals surface area contributed by atoms with E-state index in [1.807, 2.05) is 67.6 Å². The first kappa shape index (κ1) is 22.8. The lowest BCUT2D eigenvalue weighted by atomic mass is 9.95. The van der Waals surface area contributed by atoms with E-state index in [0.29, 0.717) is 35.0 Å². The van der Waals surface area contributed by atoms with Crippen molar-refractivity contribution in [1.82, 2.24) is 9.78 Å². The minimum absolute atomic E-state index is 0.00627. The van der Waals surface area contributed by atoms with Gasteiger partial charge in [0.25, 0.3) is 11.5 Å². The molecule has 0 saturated heterocycles. The van der Waals surface area contributed by atoms with Crippen LogP contribution in [-0.2, 0) is 6.54 Å². The summed E-state index contributed by atoms with van der Waals surface area (Å²) in [5.41, 5.74) is 2.48. The van der Waals surface area contributed by atoms with E-state index in [1.165, 1.54) is 18.9 Å². The molecule has 0 spiro atoms. The average molecular weight is 456 g/mol. The number of carbonyl (C=O) groups excluding carboxylic acids is 1. The molecule has 0 aliphatic rings. The number of nitrogens with zero attached hydrogens (tertiary/aromatic N) is 2. The Labute approximate surface area is 197 Å². The average Bonchev–Trinajstić information content (AvgIpc) is 2.89. The van der Waals surface area contributed by atoms with Crippen molar-refractivity contribution in [3.05, 3.63) is 94.8 Å². The van der Waals surface area contributed by atoms with E-state index in [2.05, 4.69) is 10.4 Å². The van der Waals surface area contributed by atoms with Crippen molar-refractivity contribution in [3.8, 4) is 33.9 Å². The van der Waals surface area contributed by atoms with Gasteiger partial charge in [0.2, 0.25) is 0 Å². The summed E-state index contributed by atoms with van der Waals surface area (Å²) >= 11 is 0. The number of hydrogen-bond acceptors (Lipinski definition) is 5. The second kappa shape index (κ2) is 10.0. The molecule has 0 atom stereocenters. The molecule has 0 bridgehead atoms. The van der Waals surface area contributed by atoms with Crippen LogP contribution in [0.15, 0.2) is 83.7 Å². The van der Waals surface area contributed by atoms with Crippen molar-refractivity contribution in [2.24, 2.45) is 0 Å². The molecule has 3 aromatic carbocycles. The first-order valence-corrected chi connectivity index (χ1v) is 10.9. The van der Waals surface area contributed by atoms with Gasteiger partial charge < -0.3 is 14.8 Å². The number of aromatic nitrogens is 2. The number of carbonyl (C=O) groups is 1. The normalized spacial score (nSPS) is 10.6. The molecule has 34 heavy (non-hydrogen) atoms. The smallest absolute Gasteiger partial charge is 0.280 e. The number of hydrogen-bond donors (Lipinski definition) is 1. The summed E-state index contributed by atoms with van der Waals surface area (Å²) in [5.74, 6) is 0.436. The molecule has 0 saturated carbocycles. The predicted molar refractivity (Wildman–Crippen MR) is 133 cm³/mol. The van der Waals surface area contributed by atoms with Crippen LogP contribution in [0.3, 0.4) is 0 Å². The fourth-order valence-corrected chi connectivity index (χ4v) is 3.78. The molecule has 1 heterocycles. The van der Waals surface area contributed by atoms with Crippen LogP contribution in [0.2, 0.25) is 0 Å². The zero-order valence-corrected chi connectivity index (χ0v) is 19.2. The zero-order valence-electron chi connectivity index (χ0n) is 19.2. The minimum atomic E-state index is -0.558. The van der Waals surface area contributed by atoms with Crippen LogP contribution >= 0.6 is 0 Å². The molecule has 0 unspecified atom stereocenters. The third-order valence-electron chi connectivity index (χ3n) is 5.45. The fraction of sp³-hybridized carbons (Fsp3) is 0.148.